The first-order valence-corrected chi connectivity index (χ1v) is 13.5. The minimum absolute atomic E-state index is 0.00499. The van der Waals surface area contributed by atoms with Gasteiger partial charge in [-0.1, -0.05) is 35.9 Å². The third-order valence-corrected chi connectivity index (χ3v) is 7.78. The number of benzene rings is 3. The number of hydrogen-bond donors (Lipinski definition) is 2. The largest absolute Gasteiger partial charge is 0.351 e. The number of nitrogens with one attached hydrogen (secondary N) is 2. The monoisotopic (exact) mass is 554 g/mol. The van der Waals surface area contributed by atoms with Gasteiger partial charge in [0.05, 0.1) is 21.6 Å². The molecule has 1 aliphatic rings. The lowest BCUT2D eigenvalue weighted by molar-refractivity contribution is -0.111. The van der Waals surface area contributed by atoms with Crippen molar-refractivity contribution in [2.75, 3.05) is 24.2 Å². The van der Waals surface area contributed by atoms with E-state index < -0.39 is 5.82 Å². The van der Waals surface area contributed by atoms with Gasteiger partial charge in [0.15, 0.2) is 5.82 Å². The number of anilines is 3. The van der Waals surface area contributed by atoms with Crippen LogP contribution in [0.5, 0.6) is 0 Å². The topological polar surface area (TPSA) is 75.1 Å². The van der Waals surface area contributed by atoms with Crippen molar-refractivity contribution in [2.45, 2.75) is 18.9 Å². The van der Waals surface area contributed by atoms with Crippen molar-refractivity contribution in [1.29, 1.82) is 0 Å². The average Bonchev–Trinajstić information content (AvgIpc) is 3.54. The molecule has 3 heterocycles. The fourth-order valence-electron chi connectivity index (χ4n) is 5.35. The van der Waals surface area contributed by atoms with E-state index in [0.29, 0.717) is 22.4 Å². The summed E-state index contributed by atoms with van der Waals surface area (Å²) in [5, 5.41) is 7.93. The zero-order valence-corrected chi connectivity index (χ0v) is 22.9. The van der Waals surface area contributed by atoms with E-state index in [1.807, 2.05) is 54.2 Å². The summed E-state index contributed by atoms with van der Waals surface area (Å²) in [4.78, 5) is 24.4. The fourth-order valence-corrected chi connectivity index (χ4v) is 5.52. The van der Waals surface area contributed by atoms with Crippen molar-refractivity contribution in [3.63, 3.8) is 0 Å². The second kappa shape index (κ2) is 10.7. The molecule has 9 heteroatoms. The summed E-state index contributed by atoms with van der Waals surface area (Å²) in [6.07, 6.45) is 9.14. The van der Waals surface area contributed by atoms with Gasteiger partial charge in [-0.3, -0.25) is 9.69 Å². The zero-order chi connectivity index (χ0) is 27.8. The van der Waals surface area contributed by atoms with Gasteiger partial charge in [-0.15, -0.1) is 0 Å². The number of rotatable bonds is 6. The summed E-state index contributed by atoms with van der Waals surface area (Å²) in [5.41, 5.74) is 4.05. The van der Waals surface area contributed by atoms with Crippen LogP contribution in [0.15, 0.2) is 79.3 Å². The lowest BCUT2D eigenvalue weighted by atomic mass is 9.97. The number of amides is 1. The number of carbonyl (C=O) groups is 1. The maximum absolute atomic E-state index is 14.9. The van der Waals surface area contributed by atoms with Crippen LogP contribution >= 0.6 is 11.6 Å². The molecule has 7 nitrogen and oxygen atoms in total. The quantitative estimate of drug-likeness (QED) is 0.223. The van der Waals surface area contributed by atoms with Gasteiger partial charge in [0.2, 0.25) is 5.91 Å². The Bertz CT molecular complexity index is 1780. The van der Waals surface area contributed by atoms with E-state index in [0.717, 1.165) is 41.4 Å². The minimum atomic E-state index is -0.575. The number of nitrogens with zero attached hydrogens (tertiary/aromatic N) is 4. The number of likely N-dealkylation sites (N-methyl/N-ethyl adjacent to an activating group) is 1. The molecule has 0 aliphatic carbocycles. The van der Waals surface area contributed by atoms with Crippen LogP contribution in [0.2, 0.25) is 5.02 Å². The number of hydrogen-bond acceptors (Lipinski definition) is 5. The summed E-state index contributed by atoms with van der Waals surface area (Å²) in [5.74, 6) is -0.408. The Morgan fingerprint density at radius 1 is 1.10 bits per heavy atom. The Morgan fingerprint density at radius 3 is 2.80 bits per heavy atom. The zero-order valence-electron chi connectivity index (χ0n) is 22.2. The Labute approximate surface area is 236 Å². The molecule has 202 valence electrons. The average molecular weight is 555 g/mol. The van der Waals surface area contributed by atoms with E-state index >= 15 is 0 Å². The highest BCUT2D eigenvalue weighted by atomic mass is 35.5. The number of likely N-dealkylation sites (tertiary alicyclic amines) is 1. The van der Waals surface area contributed by atoms with Crippen molar-refractivity contribution in [3.05, 3.63) is 90.1 Å². The first kappa shape index (κ1) is 26.0. The first-order chi connectivity index (χ1) is 19.4. The smallest absolute Gasteiger partial charge is 0.248 e. The first-order valence-electron chi connectivity index (χ1n) is 13.1. The Balaban J connectivity index is 1.50. The molecule has 6 rings (SSSR count). The predicted octanol–water partition coefficient (Wildman–Crippen LogP) is 6.91. The SMILES string of the molecule is CN1CCCC1/C=C/C(=O)Nc1ccc2ncnc(Nc3cccc(Cl)c3F)c2c1-c1ccc2ccn(C)c2c1. The molecular weight excluding hydrogens is 527 g/mol. The molecule has 1 aliphatic heterocycles. The van der Waals surface area contributed by atoms with Crippen molar-refractivity contribution in [1.82, 2.24) is 19.4 Å². The Morgan fingerprint density at radius 2 is 1.98 bits per heavy atom. The molecular formula is C31H28ClFN6O. The molecule has 0 saturated carbocycles. The van der Waals surface area contributed by atoms with Crippen molar-refractivity contribution < 1.29 is 9.18 Å². The van der Waals surface area contributed by atoms with E-state index in [-0.39, 0.29) is 22.7 Å². The molecule has 2 N–H and O–H groups in total. The maximum Gasteiger partial charge on any atom is 0.248 e. The molecule has 1 atom stereocenters. The normalized spacial score (nSPS) is 15.8. The summed E-state index contributed by atoms with van der Waals surface area (Å²) in [6.45, 7) is 1.02. The van der Waals surface area contributed by atoms with Gasteiger partial charge in [-0.25, -0.2) is 14.4 Å². The van der Waals surface area contributed by atoms with Crippen molar-refractivity contribution in [3.8, 4) is 11.1 Å². The van der Waals surface area contributed by atoms with Crippen LogP contribution in [-0.4, -0.2) is 45.0 Å². The van der Waals surface area contributed by atoms with Crippen LogP contribution in [0.25, 0.3) is 32.9 Å². The molecule has 2 aromatic heterocycles. The van der Waals surface area contributed by atoms with Crippen LogP contribution < -0.4 is 10.6 Å². The molecule has 40 heavy (non-hydrogen) atoms. The second-order valence-corrected chi connectivity index (χ2v) is 10.5. The predicted molar refractivity (Wildman–Crippen MR) is 160 cm³/mol. The standard InChI is InChI=1S/C31H28ClFN6O/c1-38-15-4-5-21(38)10-13-27(40)36-24-12-11-23-29(28(24)20-9-8-19-14-16-39(2)26(19)17-20)31(35-18-34-23)37-25-7-3-6-22(32)30(25)33/h3,6-14,16-18,21H,4-5,15H2,1-2H3,(H,36,40)(H,34,35,37)/b13-10+. The van der Waals surface area contributed by atoms with Gasteiger partial charge < -0.3 is 15.2 Å². The molecule has 0 spiro atoms. The highest BCUT2D eigenvalue weighted by Gasteiger charge is 2.20. The van der Waals surface area contributed by atoms with Gasteiger partial charge in [0.1, 0.15) is 12.1 Å². The number of halogens is 2. The van der Waals surface area contributed by atoms with Gasteiger partial charge in [-0.2, -0.15) is 0 Å². The van der Waals surface area contributed by atoms with Crippen LogP contribution in [0.3, 0.4) is 0 Å². The van der Waals surface area contributed by atoms with Gasteiger partial charge in [-0.05, 0) is 73.8 Å². The lowest BCUT2D eigenvalue weighted by Crippen LogP contribution is -2.23. The Kier molecular flexibility index (Phi) is 6.96. The van der Waals surface area contributed by atoms with Crippen LogP contribution in [0, 0.1) is 5.82 Å². The summed E-state index contributed by atoms with van der Waals surface area (Å²) < 4.78 is 16.9. The van der Waals surface area contributed by atoms with Crippen LogP contribution in [0.1, 0.15) is 12.8 Å². The highest BCUT2D eigenvalue weighted by Crippen LogP contribution is 2.40. The molecule has 0 bridgehead atoms. The molecule has 1 saturated heterocycles. The molecule has 1 fully saturated rings. The van der Waals surface area contributed by atoms with Crippen molar-refractivity contribution in [2.24, 2.45) is 7.05 Å². The number of aryl methyl sites for hydroxylation is 1. The molecule has 1 unspecified atom stereocenters. The Hall–Kier alpha value is -4.27. The molecule has 5 aromatic rings. The molecule has 3 aromatic carbocycles. The van der Waals surface area contributed by atoms with E-state index in [2.05, 4.69) is 38.6 Å². The van der Waals surface area contributed by atoms with Gasteiger partial charge >= 0.3 is 0 Å². The van der Waals surface area contributed by atoms with Gasteiger partial charge in [0.25, 0.3) is 0 Å². The summed E-state index contributed by atoms with van der Waals surface area (Å²) in [7, 11) is 4.05. The van der Waals surface area contributed by atoms with Crippen LogP contribution in [0.4, 0.5) is 21.6 Å². The summed E-state index contributed by atoms with van der Waals surface area (Å²) in [6, 6.07) is 16.8. The lowest BCUT2D eigenvalue weighted by Gasteiger charge is -2.18. The number of fused-ring (bicyclic) bond motifs is 2. The number of aromatic nitrogens is 3. The van der Waals surface area contributed by atoms with E-state index in [1.54, 1.807) is 18.2 Å². The van der Waals surface area contributed by atoms with E-state index in [9.17, 15) is 9.18 Å². The maximum atomic E-state index is 14.9. The highest BCUT2D eigenvalue weighted by molar-refractivity contribution is 6.31. The molecule has 1 amide bonds. The fraction of sp³-hybridized carbons (Fsp3) is 0.194. The summed E-state index contributed by atoms with van der Waals surface area (Å²) >= 11 is 6.05. The van der Waals surface area contributed by atoms with Crippen molar-refractivity contribution >= 4 is 56.5 Å². The van der Waals surface area contributed by atoms with E-state index in [4.69, 9.17) is 11.6 Å². The third-order valence-electron chi connectivity index (χ3n) is 7.49. The van der Waals surface area contributed by atoms with Gasteiger partial charge in [0, 0.05) is 42.1 Å². The van der Waals surface area contributed by atoms with E-state index in [1.165, 1.54) is 12.4 Å². The minimum Gasteiger partial charge on any atom is -0.351 e. The second-order valence-electron chi connectivity index (χ2n) is 10.1. The number of carbonyl (C=O) groups excluding carboxylic acids is 1. The van der Waals surface area contributed by atoms with Crippen LogP contribution in [-0.2, 0) is 11.8 Å². The third kappa shape index (κ3) is 4.92. The molecule has 0 radical (unpaired) electrons.